The van der Waals surface area contributed by atoms with Crippen LogP contribution in [0.1, 0.15) is 32.6 Å². The molecule has 0 saturated carbocycles. The third-order valence-corrected chi connectivity index (χ3v) is 4.13. The zero-order chi connectivity index (χ0) is 16.8. The zero-order valence-corrected chi connectivity index (χ0v) is 13.9. The molecule has 1 aliphatic heterocycles. The number of nitrogens with one attached hydrogen (secondary N) is 1. The lowest BCUT2D eigenvalue weighted by Crippen LogP contribution is -2.35. The van der Waals surface area contributed by atoms with Crippen molar-refractivity contribution in [1.29, 1.82) is 0 Å². The number of anilines is 2. The molecule has 2 N–H and O–H groups in total. The van der Waals surface area contributed by atoms with Crippen molar-refractivity contribution in [3.63, 3.8) is 0 Å². The van der Waals surface area contributed by atoms with Crippen molar-refractivity contribution in [1.82, 2.24) is 4.90 Å². The predicted octanol–water partition coefficient (Wildman–Crippen LogP) is 3.05. The number of urea groups is 1. The van der Waals surface area contributed by atoms with Crippen LogP contribution in [0.2, 0.25) is 0 Å². The van der Waals surface area contributed by atoms with Gasteiger partial charge in [-0.3, -0.25) is 0 Å². The van der Waals surface area contributed by atoms with Gasteiger partial charge in [-0.15, -0.1) is 0 Å². The Morgan fingerprint density at radius 3 is 2.74 bits per heavy atom. The van der Waals surface area contributed by atoms with Crippen LogP contribution in [-0.2, 0) is 0 Å². The van der Waals surface area contributed by atoms with Crippen molar-refractivity contribution in [2.45, 2.75) is 38.7 Å². The van der Waals surface area contributed by atoms with Crippen LogP contribution >= 0.6 is 0 Å². The maximum absolute atomic E-state index is 13.6. The number of halogens is 1. The second kappa shape index (κ2) is 8.15. The van der Waals surface area contributed by atoms with Crippen molar-refractivity contribution in [2.24, 2.45) is 0 Å². The second-order valence-corrected chi connectivity index (χ2v) is 6.20. The Morgan fingerprint density at radius 1 is 1.39 bits per heavy atom. The molecule has 0 aliphatic carbocycles. The molecule has 1 saturated heterocycles. The van der Waals surface area contributed by atoms with Gasteiger partial charge in [0.25, 0.3) is 0 Å². The number of hydrogen-bond donors (Lipinski definition) is 2. The highest BCUT2D eigenvalue weighted by atomic mass is 19.1. The summed E-state index contributed by atoms with van der Waals surface area (Å²) in [5, 5.41) is 12.1. The van der Waals surface area contributed by atoms with Crippen LogP contribution in [0, 0.1) is 5.82 Å². The number of rotatable bonds is 5. The number of hydrogen-bond acceptors (Lipinski definition) is 3. The average molecular weight is 323 g/mol. The maximum atomic E-state index is 13.6. The SMILES string of the molecule is CC(O)CCN(C)C(=O)Nc1cc(F)ccc1N1CCCCC1. The fraction of sp³-hybridized carbons (Fsp3) is 0.588. The number of nitrogens with zero attached hydrogens (tertiary/aromatic N) is 2. The molecule has 1 heterocycles. The molecule has 5 nitrogen and oxygen atoms in total. The first kappa shape index (κ1) is 17.5. The summed E-state index contributed by atoms with van der Waals surface area (Å²) in [5.41, 5.74) is 1.36. The molecule has 0 spiro atoms. The molecule has 1 atom stereocenters. The lowest BCUT2D eigenvalue weighted by atomic mass is 10.1. The number of carbonyl (C=O) groups excluding carboxylic acids is 1. The standard InChI is InChI=1S/C17H26FN3O2/c1-13(22)8-11-20(2)17(23)19-15-12-14(18)6-7-16(15)21-9-4-3-5-10-21/h6-7,12-13,22H,3-5,8-11H2,1-2H3,(H,19,23). The first-order valence-electron chi connectivity index (χ1n) is 8.22. The summed E-state index contributed by atoms with van der Waals surface area (Å²) in [6.45, 7) is 3.98. The molecule has 1 unspecified atom stereocenters. The Balaban J connectivity index is 2.08. The summed E-state index contributed by atoms with van der Waals surface area (Å²) < 4.78 is 13.6. The van der Waals surface area contributed by atoms with Crippen LogP contribution in [0.25, 0.3) is 0 Å². The Morgan fingerprint density at radius 2 is 2.09 bits per heavy atom. The lowest BCUT2D eigenvalue weighted by Gasteiger charge is -2.31. The van der Waals surface area contributed by atoms with E-state index in [-0.39, 0.29) is 11.8 Å². The minimum atomic E-state index is -0.455. The molecule has 128 valence electrons. The molecule has 0 radical (unpaired) electrons. The van der Waals surface area contributed by atoms with Gasteiger partial charge in [-0.2, -0.15) is 0 Å². The molecule has 23 heavy (non-hydrogen) atoms. The number of carbonyl (C=O) groups is 1. The highest BCUT2D eigenvalue weighted by Crippen LogP contribution is 2.29. The van der Waals surface area contributed by atoms with E-state index in [2.05, 4.69) is 10.2 Å². The largest absolute Gasteiger partial charge is 0.393 e. The van der Waals surface area contributed by atoms with E-state index in [1.54, 1.807) is 20.0 Å². The van der Waals surface area contributed by atoms with Gasteiger partial charge in [-0.1, -0.05) is 0 Å². The van der Waals surface area contributed by atoms with Gasteiger partial charge >= 0.3 is 6.03 Å². The highest BCUT2D eigenvalue weighted by Gasteiger charge is 2.18. The first-order chi connectivity index (χ1) is 11.0. The van der Waals surface area contributed by atoms with Gasteiger partial charge in [0.05, 0.1) is 17.5 Å². The molecule has 1 fully saturated rings. The fourth-order valence-corrected chi connectivity index (χ4v) is 2.71. The van der Waals surface area contributed by atoms with Crippen molar-refractivity contribution in [2.75, 3.05) is 36.9 Å². The molecule has 2 rings (SSSR count). The number of piperidine rings is 1. The quantitative estimate of drug-likeness (QED) is 0.875. The monoisotopic (exact) mass is 323 g/mol. The maximum Gasteiger partial charge on any atom is 0.321 e. The molecular weight excluding hydrogens is 297 g/mol. The molecule has 1 aromatic rings. The fourth-order valence-electron chi connectivity index (χ4n) is 2.71. The number of amides is 2. The number of aliphatic hydroxyl groups excluding tert-OH is 1. The minimum Gasteiger partial charge on any atom is -0.393 e. The van der Waals surface area contributed by atoms with Crippen LogP contribution in [0.3, 0.4) is 0 Å². The highest BCUT2D eigenvalue weighted by molar-refractivity contribution is 5.93. The summed E-state index contributed by atoms with van der Waals surface area (Å²) in [7, 11) is 1.66. The second-order valence-electron chi connectivity index (χ2n) is 6.20. The Labute approximate surface area is 137 Å². The van der Waals surface area contributed by atoms with E-state index in [1.165, 1.54) is 23.5 Å². The lowest BCUT2D eigenvalue weighted by molar-refractivity contribution is 0.167. The zero-order valence-electron chi connectivity index (χ0n) is 13.9. The topological polar surface area (TPSA) is 55.8 Å². The molecule has 6 heteroatoms. The Bertz CT molecular complexity index is 531. The molecule has 0 aromatic heterocycles. The van der Waals surface area contributed by atoms with Crippen LogP contribution in [0.15, 0.2) is 18.2 Å². The minimum absolute atomic E-state index is 0.297. The van der Waals surface area contributed by atoms with Gasteiger partial charge in [0.2, 0.25) is 0 Å². The molecule has 1 aromatic carbocycles. The van der Waals surface area contributed by atoms with Gasteiger partial charge in [-0.05, 0) is 50.8 Å². The van der Waals surface area contributed by atoms with E-state index in [1.807, 2.05) is 0 Å². The van der Waals surface area contributed by atoms with Crippen molar-refractivity contribution < 1.29 is 14.3 Å². The molecule has 1 aliphatic rings. The van der Waals surface area contributed by atoms with E-state index in [0.29, 0.717) is 18.7 Å². The van der Waals surface area contributed by atoms with E-state index in [9.17, 15) is 14.3 Å². The third-order valence-electron chi connectivity index (χ3n) is 4.13. The predicted molar refractivity (Wildman–Crippen MR) is 90.4 cm³/mol. The van der Waals surface area contributed by atoms with E-state index in [0.717, 1.165) is 31.6 Å². The van der Waals surface area contributed by atoms with Crippen LogP contribution in [0.5, 0.6) is 0 Å². The Hall–Kier alpha value is -1.82. The number of benzene rings is 1. The van der Waals surface area contributed by atoms with Gasteiger partial charge in [0.1, 0.15) is 5.82 Å². The summed E-state index contributed by atoms with van der Waals surface area (Å²) in [4.78, 5) is 15.9. The van der Waals surface area contributed by atoms with Gasteiger partial charge in [0, 0.05) is 26.7 Å². The van der Waals surface area contributed by atoms with E-state index >= 15 is 0 Å². The molecular formula is C17H26FN3O2. The van der Waals surface area contributed by atoms with Crippen molar-refractivity contribution in [3.05, 3.63) is 24.0 Å². The smallest absolute Gasteiger partial charge is 0.321 e. The molecule has 2 amide bonds. The number of aliphatic hydroxyl groups is 1. The third kappa shape index (κ3) is 5.10. The van der Waals surface area contributed by atoms with Crippen molar-refractivity contribution >= 4 is 17.4 Å². The van der Waals surface area contributed by atoms with Crippen molar-refractivity contribution in [3.8, 4) is 0 Å². The van der Waals surface area contributed by atoms with Crippen LogP contribution < -0.4 is 10.2 Å². The first-order valence-corrected chi connectivity index (χ1v) is 8.22. The van der Waals surface area contributed by atoms with Crippen LogP contribution in [0.4, 0.5) is 20.6 Å². The normalized spacial score (nSPS) is 16.1. The average Bonchev–Trinajstić information content (AvgIpc) is 2.53. The van der Waals surface area contributed by atoms with Gasteiger partial charge < -0.3 is 20.2 Å². The summed E-state index contributed by atoms with van der Waals surface area (Å²) >= 11 is 0. The summed E-state index contributed by atoms with van der Waals surface area (Å²) in [6.07, 6.45) is 3.48. The summed E-state index contributed by atoms with van der Waals surface area (Å²) in [6, 6.07) is 4.22. The Kier molecular flexibility index (Phi) is 6.21. The van der Waals surface area contributed by atoms with E-state index in [4.69, 9.17) is 0 Å². The van der Waals surface area contributed by atoms with Gasteiger partial charge in [0.15, 0.2) is 0 Å². The molecule has 0 bridgehead atoms. The summed E-state index contributed by atoms with van der Waals surface area (Å²) in [5.74, 6) is -0.368. The van der Waals surface area contributed by atoms with E-state index < -0.39 is 6.10 Å². The van der Waals surface area contributed by atoms with Crippen LogP contribution in [-0.4, -0.2) is 48.8 Å². The van der Waals surface area contributed by atoms with Gasteiger partial charge in [-0.25, -0.2) is 9.18 Å².